The lowest BCUT2D eigenvalue weighted by atomic mass is 10.5. The van der Waals surface area contributed by atoms with Gasteiger partial charge in [0.25, 0.3) is 0 Å². The molecular weight excluding hydrogens is 178 g/mol. The van der Waals surface area contributed by atoms with Crippen molar-refractivity contribution >= 4 is 7.68 Å². The standard InChI is InChI=1S/C4H10FO2P.3H2O/c1-4(2)7-8(3,5)6;;;/h4H,1-3H3;3*1H2. The molecule has 0 aromatic carbocycles. The van der Waals surface area contributed by atoms with Crippen molar-refractivity contribution in [3.8, 4) is 0 Å². The molecule has 0 rings (SSSR count). The zero-order valence-corrected chi connectivity index (χ0v) is 7.61. The van der Waals surface area contributed by atoms with Gasteiger partial charge in [0.15, 0.2) is 0 Å². The fraction of sp³-hybridized carbons (Fsp3) is 1.00. The summed E-state index contributed by atoms with van der Waals surface area (Å²) in [5.74, 6) is 0. The highest BCUT2D eigenvalue weighted by molar-refractivity contribution is 7.52. The molecule has 0 aromatic heterocycles. The van der Waals surface area contributed by atoms with Crippen LogP contribution in [-0.4, -0.2) is 29.2 Å². The highest BCUT2D eigenvalue weighted by atomic mass is 31.2. The summed E-state index contributed by atoms with van der Waals surface area (Å²) in [6.07, 6.45) is -0.296. The molecule has 0 spiro atoms. The van der Waals surface area contributed by atoms with Crippen LogP contribution in [0.15, 0.2) is 0 Å². The molecule has 0 bridgehead atoms. The van der Waals surface area contributed by atoms with E-state index in [1.54, 1.807) is 13.8 Å². The van der Waals surface area contributed by atoms with Gasteiger partial charge < -0.3 is 21.0 Å². The molecule has 0 saturated carbocycles. The molecule has 1 atom stereocenters. The topological polar surface area (TPSA) is 121 Å². The van der Waals surface area contributed by atoms with E-state index < -0.39 is 7.68 Å². The third kappa shape index (κ3) is 25.6. The highest BCUT2D eigenvalue weighted by Crippen LogP contribution is 2.44. The normalized spacial score (nSPS) is 13.5. The van der Waals surface area contributed by atoms with Crippen molar-refractivity contribution in [3.05, 3.63) is 0 Å². The van der Waals surface area contributed by atoms with E-state index >= 15 is 0 Å². The van der Waals surface area contributed by atoms with Crippen molar-refractivity contribution < 1.29 is 29.7 Å². The van der Waals surface area contributed by atoms with Gasteiger partial charge >= 0.3 is 7.68 Å². The fourth-order valence-electron chi connectivity index (χ4n) is 0.377. The minimum atomic E-state index is -3.72. The summed E-state index contributed by atoms with van der Waals surface area (Å²) in [5.41, 5.74) is 0. The third-order valence-corrected chi connectivity index (χ3v) is 1.20. The van der Waals surface area contributed by atoms with E-state index in [1.165, 1.54) is 0 Å². The summed E-state index contributed by atoms with van der Waals surface area (Å²) >= 11 is 0. The van der Waals surface area contributed by atoms with Gasteiger partial charge in [-0.05, 0) is 13.8 Å². The monoisotopic (exact) mass is 194 g/mol. The smallest absolute Gasteiger partial charge is 0.364 e. The van der Waals surface area contributed by atoms with Gasteiger partial charge in [-0.25, -0.2) is 0 Å². The first-order valence-corrected chi connectivity index (χ1v) is 4.33. The van der Waals surface area contributed by atoms with Gasteiger partial charge in [-0.2, -0.15) is 4.20 Å². The van der Waals surface area contributed by atoms with E-state index in [-0.39, 0.29) is 22.5 Å². The van der Waals surface area contributed by atoms with Crippen LogP contribution in [0.4, 0.5) is 4.20 Å². The Morgan fingerprint density at radius 1 is 1.27 bits per heavy atom. The fourth-order valence-corrected chi connectivity index (χ4v) is 1.13. The van der Waals surface area contributed by atoms with Crippen LogP contribution in [-0.2, 0) is 9.09 Å². The second kappa shape index (κ2) is 8.10. The van der Waals surface area contributed by atoms with E-state index in [2.05, 4.69) is 4.52 Å². The molecule has 74 valence electrons. The van der Waals surface area contributed by atoms with Crippen molar-refractivity contribution in [2.75, 3.05) is 6.66 Å². The predicted molar refractivity (Wildman–Crippen MR) is 41.7 cm³/mol. The zero-order valence-electron chi connectivity index (χ0n) is 6.72. The van der Waals surface area contributed by atoms with Crippen molar-refractivity contribution in [2.45, 2.75) is 20.0 Å². The van der Waals surface area contributed by atoms with Crippen molar-refractivity contribution in [3.63, 3.8) is 0 Å². The Hall–Kier alpha value is -0.0000000000000000139. The number of halogens is 1. The molecule has 0 aromatic rings. The molecule has 0 aliphatic heterocycles. The Labute approximate surface area is 65.1 Å². The average molecular weight is 194 g/mol. The van der Waals surface area contributed by atoms with Crippen molar-refractivity contribution in [2.24, 2.45) is 0 Å². The summed E-state index contributed by atoms with van der Waals surface area (Å²) < 4.78 is 26.4. The maximum Gasteiger partial charge on any atom is 0.364 e. The van der Waals surface area contributed by atoms with E-state index in [1.807, 2.05) is 0 Å². The lowest BCUT2D eigenvalue weighted by Crippen LogP contribution is -1.96. The number of hydrogen-bond donors (Lipinski definition) is 0. The van der Waals surface area contributed by atoms with Crippen LogP contribution in [0.25, 0.3) is 0 Å². The molecule has 0 heterocycles. The molecule has 0 saturated heterocycles. The number of rotatable bonds is 2. The van der Waals surface area contributed by atoms with Gasteiger partial charge in [-0.1, -0.05) is 0 Å². The van der Waals surface area contributed by atoms with E-state index in [4.69, 9.17) is 0 Å². The molecule has 0 amide bonds. The van der Waals surface area contributed by atoms with Gasteiger partial charge in [0, 0.05) is 6.66 Å². The SMILES string of the molecule is CC(C)OP(C)(=O)F.O.O.O. The molecule has 1 unspecified atom stereocenters. The van der Waals surface area contributed by atoms with Gasteiger partial charge in [0.2, 0.25) is 0 Å². The van der Waals surface area contributed by atoms with E-state index in [0.29, 0.717) is 0 Å². The minimum absolute atomic E-state index is 0. The Kier molecular flexibility index (Phi) is 16.5. The van der Waals surface area contributed by atoms with Crippen LogP contribution in [0, 0.1) is 0 Å². The van der Waals surface area contributed by atoms with Crippen LogP contribution in [0.3, 0.4) is 0 Å². The Balaban J connectivity index is -0.0000000817. The molecule has 6 N–H and O–H groups in total. The van der Waals surface area contributed by atoms with Crippen LogP contribution >= 0.6 is 7.68 Å². The molecule has 0 fully saturated rings. The molecule has 7 heteroatoms. The van der Waals surface area contributed by atoms with Crippen LogP contribution in [0.5, 0.6) is 0 Å². The quantitative estimate of drug-likeness (QED) is 0.561. The summed E-state index contributed by atoms with van der Waals surface area (Å²) in [5, 5.41) is 0. The molecular formula is C4H16FO5P. The van der Waals surface area contributed by atoms with Gasteiger partial charge in [-0.3, -0.25) is 4.57 Å². The van der Waals surface area contributed by atoms with E-state index in [0.717, 1.165) is 6.66 Å². The largest absolute Gasteiger partial charge is 0.412 e. The highest BCUT2D eigenvalue weighted by Gasteiger charge is 2.13. The molecule has 0 aliphatic rings. The maximum atomic E-state index is 12.0. The van der Waals surface area contributed by atoms with Crippen LogP contribution < -0.4 is 0 Å². The van der Waals surface area contributed by atoms with Gasteiger partial charge in [0.1, 0.15) is 0 Å². The zero-order chi connectivity index (χ0) is 6.78. The first-order chi connectivity index (χ1) is 3.42. The van der Waals surface area contributed by atoms with Crippen molar-refractivity contribution in [1.82, 2.24) is 0 Å². The van der Waals surface area contributed by atoms with Gasteiger partial charge in [-0.15, -0.1) is 0 Å². The first-order valence-electron chi connectivity index (χ1n) is 2.37. The lowest BCUT2D eigenvalue weighted by Gasteiger charge is -2.06. The Morgan fingerprint density at radius 2 is 1.55 bits per heavy atom. The minimum Gasteiger partial charge on any atom is -0.412 e. The maximum absolute atomic E-state index is 12.0. The number of hydrogen-bond acceptors (Lipinski definition) is 2. The predicted octanol–water partition coefficient (Wildman–Crippen LogP) is -0.270. The van der Waals surface area contributed by atoms with Crippen LogP contribution in [0.2, 0.25) is 0 Å². The van der Waals surface area contributed by atoms with Gasteiger partial charge in [0.05, 0.1) is 6.10 Å². The molecule has 11 heavy (non-hydrogen) atoms. The molecule has 0 radical (unpaired) electrons. The van der Waals surface area contributed by atoms with Crippen LogP contribution in [0.1, 0.15) is 13.8 Å². The first kappa shape index (κ1) is 22.4. The Morgan fingerprint density at radius 3 is 1.55 bits per heavy atom. The van der Waals surface area contributed by atoms with Crippen molar-refractivity contribution in [1.29, 1.82) is 0 Å². The summed E-state index contributed by atoms with van der Waals surface area (Å²) in [7, 11) is -3.72. The second-order valence-corrected chi connectivity index (χ2v) is 3.61. The lowest BCUT2D eigenvalue weighted by molar-refractivity contribution is 0.227. The summed E-state index contributed by atoms with van der Waals surface area (Å²) in [6, 6.07) is 0. The molecule has 0 aliphatic carbocycles. The average Bonchev–Trinajstić information content (AvgIpc) is 1.21. The third-order valence-electron chi connectivity index (χ3n) is 0.399. The van der Waals surface area contributed by atoms with E-state index in [9.17, 15) is 8.76 Å². The molecule has 5 nitrogen and oxygen atoms in total. The summed E-state index contributed by atoms with van der Waals surface area (Å²) in [6.45, 7) is 4.22. The Bertz CT molecular complexity index is 111. The summed E-state index contributed by atoms with van der Waals surface area (Å²) in [4.78, 5) is 0. The second-order valence-electron chi connectivity index (χ2n) is 1.90.